The summed E-state index contributed by atoms with van der Waals surface area (Å²) >= 11 is 5.88. The minimum atomic E-state index is -0.175. The van der Waals surface area contributed by atoms with Crippen molar-refractivity contribution >= 4 is 17.5 Å². The largest absolute Gasteiger partial charge is 0.361 e. The number of carbonyl (C=O) groups excluding carboxylic acids is 1. The summed E-state index contributed by atoms with van der Waals surface area (Å²) in [6, 6.07) is 9.04. The van der Waals surface area contributed by atoms with E-state index in [1.165, 1.54) is 0 Å². The van der Waals surface area contributed by atoms with Gasteiger partial charge in [0.25, 0.3) is 5.91 Å². The van der Waals surface area contributed by atoms with Gasteiger partial charge in [0.15, 0.2) is 0 Å². The summed E-state index contributed by atoms with van der Waals surface area (Å²) in [6.07, 6.45) is 1.63. The van der Waals surface area contributed by atoms with Crippen molar-refractivity contribution < 1.29 is 9.32 Å². The van der Waals surface area contributed by atoms with Gasteiger partial charge in [0.1, 0.15) is 11.5 Å². The highest BCUT2D eigenvalue weighted by Gasteiger charge is 2.12. The number of hydrogen-bond acceptors (Lipinski definition) is 4. The van der Waals surface area contributed by atoms with Gasteiger partial charge in [-0.15, -0.1) is 0 Å². The molecular formula is C18H19ClN4O2. The minimum absolute atomic E-state index is 0.175. The monoisotopic (exact) mass is 358 g/mol. The first-order valence-corrected chi connectivity index (χ1v) is 8.43. The quantitative estimate of drug-likeness (QED) is 0.658. The molecule has 0 fully saturated rings. The van der Waals surface area contributed by atoms with Gasteiger partial charge < -0.3 is 9.84 Å². The number of aromatic amines is 1. The maximum atomic E-state index is 12.2. The van der Waals surface area contributed by atoms with Crippen LogP contribution in [0.2, 0.25) is 5.02 Å². The summed E-state index contributed by atoms with van der Waals surface area (Å²) in [4.78, 5) is 12.2. The molecule has 0 aliphatic rings. The molecule has 3 aromatic rings. The average molecular weight is 359 g/mol. The summed E-state index contributed by atoms with van der Waals surface area (Å²) in [5, 5.41) is 14.4. The third-order valence-electron chi connectivity index (χ3n) is 4.03. The summed E-state index contributed by atoms with van der Waals surface area (Å²) in [5.74, 6) is 0.663. The van der Waals surface area contributed by atoms with Crippen molar-refractivity contribution in [3.8, 4) is 11.3 Å². The van der Waals surface area contributed by atoms with E-state index in [9.17, 15) is 4.79 Å². The molecule has 2 N–H and O–H groups in total. The summed E-state index contributed by atoms with van der Waals surface area (Å²) in [7, 11) is 0. The van der Waals surface area contributed by atoms with E-state index in [-0.39, 0.29) is 5.91 Å². The number of carbonyl (C=O) groups is 1. The van der Waals surface area contributed by atoms with Crippen molar-refractivity contribution in [3.05, 3.63) is 58.1 Å². The van der Waals surface area contributed by atoms with E-state index in [0.717, 1.165) is 35.4 Å². The van der Waals surface area contributed by atoms with Gasteiger partial charge in [-0.05, 0) is 44.9 Å². The Morgan fingerprint density at radius 1 is 1.28 bits per heavy atom. The van der Waals surface area contributed by atoms with Crippen LogP contribution < -0.4 is 5.32 Å². The Morgan fingerprint density at radius 3 is 2.72 bits per heavy atom. The Morgan fingerprint density at radius 2 is 2.04 bits per heavy atom. The summed E-state index contributed by atoms with van der Waals surface area (Å²) in [6.45, 7) is 4.39. The molecule has 0 spiro atoms. The molecule has 6 nitrogen and oxygen atoms in total. The van der Waals surface area contributed by atoms with Gasteiger partial charge in [-0.3, -0.25) is 9.89 Å². The second-order valence-electron chi connectivity index (χ2n) is 5.84. The van der Waals surface area contributed by atoms with E-state index >= 15 is 0 Å². The topological polar surface area (TPSA) is 83.8 Å². The molecule has 0 saturated heterocycles. The lowest BCUT2D eigenvalue weighted by atomic mass is 10.1. The molecular weight excluding hydrogens is 340 g/mol. The molecule has 0 saturated carbocycles. The lowest BCUT2D eigenvalue weighted by Gasteiger charge is -2.03. The van der Waals surface area contributed by atoms with Gasteiger partial charge in [0.2, 0.25) is 0 Å². The lowest BCUT2D eigenvalue weighted by Crippen LogP contribution is -2.25. The number of hydrogen-bond donors (Lipinski definition) is 2. The summed E-state index contributed by atoms with van der Waals surface area (Å²) < 4.78 is 5.14. The van der Waals surface area contributed by atoms with Gasteiger partial charge >= 0.3 is 0 Å². The van der Waals surface area contributed by atoms with Crippen molar-refractivity contribution in [2.24, 2.45) is 0 Å². The number of nitrogens with zero attached hydrogens (tertiary/aromatic N) is 2. The molecule has 0 unspecified atom stereocenters. The van der Waals surface area contributed by atoms with Gasteiger partial charge in [-0.25, -0.2) is 0 Å². The maximum Gasteiger partial charge on any atom is 0.269 e. The van der Waals surface area contributed by atoms with Crippen LogP contribution in [0.5, 0.6) is 0 Å². The van der Waals surface area contributed by atoms with Crippen LogP contribution in [0.1, 0.15) is 33.9 Å². The van der Waals surface area contributed by atoms with Gasteiger partial charge in [-0.2, -0.15) is 5.10 Å². The van der Waals surface area contributed by atoms with Crippen LogP contribution in [0.25, 0.3) is 11.3 Å². The average Bonchev–Trinajstić information content (AvgIpc) is 3.21. The third kappa shape index (κ3) is 4.09. The molecule has 2 heterocycles. The predicted molar refractivity (Wildman–Crippen MR) is 95.7 cm³/mol. The van der Waals surface area contributed by atoms with Gasteiger partial charge in [0, 0.05) is 22.7 Å². The fourth-order valence-electron chi connectivity index (χ4n) is 2.63. The molecule has 0 aliphatic heterocycles. The first-order valence-electron chi connectivity index (χ1n) is 8.06. The molecule has 3 rings (SSSR count). The van der Waals surface area contributed by atoms with E-state index in [2.05, 4.69) is 20.7 Å². The van der Waals surface area contributed by atoms with E-state index < -0.39 is 0 Å². The van der Waals surface area contributed by atoms with Crippen molar-refractivity contribution in [2.45, 2.75) is 26.7 Å². The Balaban J connectivity index is 1.53. The van der Waals surface area contributed by atoms with E-state index in [1.807, 2.05) is 26.0 Å². The third-order valence-corrected chi connectivity index (χ3v) is 4.28. The lowest BCUT2D eigenvalue weighted by molar-refractivity contribution is 0.0948. The van der Waals surface area contributed by atoms with Gasteiger partial charge in [0.05, 0.1) is 11.4 Å². The zero-order valence-corrected chi connectivity index (χ0v) is 14.9. The highest BCUT2D eigenvalue weighted by atomic mass is 35.5. The SMILES string of the molecule is Cc1noc(C)c1CCCNC(=O)c1cc(-c2ccc(Cl)cc2)n[nH]1. The van der Waals surface area contributed by atoms with Crippen LogP contribution in [0.15, 0.2) is 34.9 Å². The minimum Gasteiger partial charge on any atom is -0.361 e. The first-order chi connectivity index (χ1) is 12.0. The molecule has 25 heavy (non-hydrogen) atoms. The van der Waals surface area contributed by atoms with Crippen LogP contribution in [-0.4, -0.2) is 27.8 Å². The number of rotatable bonds is 6. The number of halogens is 1. The number of nitrogens with one attached hydrogen (secondary N) is 2. The number of aromatic nitrogens is 3. The number of benzene rings is 1. The normalized spacial score (nSPS) is 10.8. The zero-order valence-electron chi connectivity index (χ0n) is 14.1. The van der Waals surface area contributed by atoms with E-state index in [4.69, 9.17) is 16.1 Å². The molecule has 1 amide bonds. The molecule has 0 aliphatic carbocycles. The fraction of sp³-hybridized carbons (Fsp3) is 0.278. The van der Waals surface area contributed by atoms with Gasteiger partial charge in [-0.1, -0.05) is 28.9 Å². The molecule has 7 heteroatoms. The number of amides is 1. The van der Waals surface area contributed by atoms with Crippen molar-refractivity contribution in [1.29, 1.82) is 0 Å². The Bertz CT molecular complexity index is 848. The molecule has 2 aromatic heterocycles. The van der Waals surface area contributed by atoms with E-state index in [1.54, 1.807) is 18.2 Å². The standard InChI is InChI=1S/C18H19ClN4O2/c1-11-15(12(2)25-23-11)4-3-9-20-18(24)17-10-16(21-22-17)13-5-7-14(19)8-6-13/h5-8,10H,3-4,9H2,1-2H3,(H,20,24)(H,21,22). The Labute approximate surface area is 150 Å². The van der Waals surface area contributed by atoms with Crippen LogP contribution in [0.3, 0.4) is 0 Å². The molecule has 0 atom stereocenters. The molecule has 0 radical (unpaired) electrons. The molecule has 130 valence electrons. The van der Waals surface area contributed by atoms with Crippen LogP contribution >= 0.6 is 11.6 Å². The zero-order chi connectivity index (χ0) is 17.8. The van der Waals surface area contributed by atoms with Crippen molar-refractivity contribution in [1.82, 2.24) is 20.7 Å². The second kappa shape index (κ2) is 7.53. The Kier molecular flexibility index (Phi) is 5.19. The maximum absolute atomic E-state index is 12.2. The first kappa shape index (κ1) is 17.2. The fourth-order valence-corrected chi connectivity index (χ4v) is 2.75. The van der Waals surface area contributed by atoms with Crippen molar-refractivity contribution in [2.75, 3.05) is 6.54 Å². The van der Waals surface area contributed by atoms with Crippen LogP contribution in [-0.2, 0) is 6.42 Å². The summed E-state index contributed by atoms with van der Waals surface area (Å²) in [5.41, 5.74) is 4.06. The molecule has 1 aromatic carbocycles. The number of H-pyrrole nitrogens is 1. The predicted octanol–water partition coefficient (Wildman–Crippen LogP) is 3.70. The van der Waals surface area contributed by atoms with E-state index in [0.29, 0.717) is 23.0 Å². The highest BCUT2D eigenvalue weighted by molar-refractivity contribution is 6.30. The van der Waals surface area contributed by atoms with Crippen LogP contribution in [0, 0.1) is 13.8 Å². The Hall–Kier alpha value is -2.60. The number of aryl methyl sites for hydroxylation is 2. The molecule has 0 bridgehead atoms. The van der Waals surface area contributed by atoms with Crippen LogP contribution in [0.4, 0.5) is 0 Å². The highest BCUT2D eigenvalue weighted by Crippen LogP contribution is 2.20. The smallest absolute Gasteiger partial charge is 0.269 e. The van der Waals surface area contributed by atoms with Crippen molar-refractivity contribution in [3.63, 3.8) is 0 Å². The second-order valence-corrected chi connectivity index (χ2v) is 6.27.